The van der Waals surface area contributed by atoms with Crippen LogP contribution in [0.2, 0.25) is 0 Å². The zero-order valence-corrected chi connectivity index (χ0v) is 18.1. The average molecular weight is 409 g/mol. The van der Waals surface area contributed by atoms with E-state index in [-0.39, 0.29) is 59.7 Å². The van der Waals surface area contributed by atoms with Gasteiger partial charge in [-0.1, -0.05) is 33.1 Å². The van der Waals surface area contributed by atoms with Crippen molar-refractivity contribution < 1.29 is 28.6 Å². The van der Waals surface area contributed by atoms with Crippen molar-refractivity contribution in [1.29, 1.82) is 0 Å². The summed E-state index contributed by atoms with van der Waals surface area (Å²) in [6.07, 6.45) is 6.85. The molecule has 3 rings (SSSR count). The van der Waals surface area contributed by atoms with Crippen LogP contribution in [0.1, 0.15) is 78.6 Å². The standard InChI is InChI=1S/C23H36O6/c1-4-18(24)28-21-14-10-7-8-11-15(14)22(29-19(25)5-2)20-16(21)12-9-13-17(20)23(26)27-6-3/h14-17,20-22H,4-13H2,1-3H3. The highest BCUT2D eigenvalue weighted by molar-refractivity contribution is 5.74. The third kappa shape index (κ3) is 4.61. The molecule has 164 valence electrons. The van der Waals surface area contributed by atoms with Crippen LogP contribution < -0.4 is 0 Å². The minimum atomic E-state index is -0.297. The topological polar surface area (TPSA) is 78.9 Å². The molecule has 0 bridgehead atoms. The summed E-state index contributed by atoms with van der Waals surface area (Å²) in [6.45, 7) is 5.77. The molecule has 6 nitrogen and oxygen atoms in total. The molecule has 6 heteroatoms. The highest BCUT2D eigenvalue weighted by atomic mass is 16.6. The summed E-state index contributed by atoms with van der Waals surface area (Å²) in [5, 5.41) is 0. The molecule has 7 unspecified atom stereocenters. The number of esters is 3. The predicted molar refractivity (Wildman–Crippen MR) is 107 cm³/mol. The minimum Gasteiger partial charge on any atom is -0.466 e. The van der Waals surface area contributed by atoms with Crippen LogP contribution in [-0.4, -0.2) is 36.7 Å². The van der Waals surface area contributed by atoms with Crippen molar-refractivity contribution in [3.63, 3.8) is 0 Å². The van der Waals surface area contributed by atoms with Crippen molar-refractivity contribution in [2.24, 2.45) is 29.6 Å². The van der Waals surface area contributed by atoms with E-state index in [1.54, 1.807) is 6.92 Å². The molecule has 0 heterocycles. The van der Waals surface area contributed by atoms with E-state index in [1.807, 2.05) is 13.8 Å². The van der Waals surface area contributed by atoms with Crippen molar-refractivity contribution in [2.45, 2.75) is 90.8 Å². The third-order valence-corrected chi connectivity index (χ3v) is 7.23. The maximum absolute atomic E-state index is 12.8. The van der Waals surface area contributed by atoms with Crippen LogP contribution in [0.25, 0.3) is 0 Å². The Balaban J connectivity index is 1.98. The lowest BCUT2D eigenvalue weighted by Gasteiger charge is -2.55. The van der Waals surface area contributed by atoms with Gasteiger partial charge in [-0.25, -0.2) is 0 Å². The number of fused-ring (bicyclic) bond motifs is 2. The van der Waals surface area contributed by atoms with Gasteiger partial charge in [0.15, 0.2) is 0 Å². The summed E-state index contributed by atoms with van der Waals surface area (Å²) in [7, 11) is 0. The molecule has 3 fully saturated rings. The van der Waals surface area contributed by atoms with E-state index in [0.29, 0.717) is 19.4 Å². The van der Waals surface area contributed by atoms with Gasteiger partial charge in [0.25, 0.3) is 0 Å². The molecule has 3 aliphatic rings. The van der Waals surface area contributed by atoms with Gasteiger partial charge in [-0.3, -0.25) is 14.4 Å². The lowest BCUT2D eigenvalue weighted by molar-refractivity contribution is -0.207. The smallest absolute Gasteiger partial charge is 0.309 e. The summed E-state index contributed by atoms with van der Waals surface area (Å²) in [6, 6.07) is 0. The van der Waals surface area contributed by atoms with E-state index in [0.717, 1.165) is 44.9 Å². The van der Waals surface area contributed by atoms with Crippen molar-refractivity contribution in [3.05, 3.63) is 0 Å². The number of ether oxygens (including phenoxy) is 3. The Hall–Kier alpha value is -1.59. The van der Waals surface area contributed by atoms with E-state index < -0.39 is 0 Å². The second-order valence-electron chi connectivity index (χ2n) is 8.76. The van der Waals surface area contributed by atoms with Gasteiger partial charge in [-0.05, 0) is 32.6 Å². The first-order valence-corrected chi connectivity index (χ1v) is 11.6. The molecule has 0 aromatic rings. The number of rotatable bonds is 6. The minimum absolute atomic E-state index is 0.0441. The van der Waals surface area contributed by atoms with Crippen LogP contribution in [0, 0.1) is 29.6 Å². The molecule has 0 aromatic carbocycles. The normalized spacial score (nSPS) is 36.3. The van der Waals surface area contributed by atoms with E-state index in [9.17, 15) is 14.4 Å². The maximum Gasteiger partial charge on any atom is 0.309 e. The van der Waals surface area contributed by atoms with Crippen molar-refractivity contribution in [3.8, 4) is 0 Å². The van der Waals surface area contributed by atoms with Gasteiger partial charge in [-0.2, -0.15) is 0 Å². The van der Waals surface area contributed by atoms with Crippen LogP contribution in [0.5, 0.6) is 0 Å². The van der Waals surface area contributed by atoms with E-state index in [4.69, 9.17) is 14.2 Å². The van der Waals surface area contributed by atoms with Gasteiger partial charge in [0.1, 0.15) is 12.2 Å². The molecule has 3 saturated carbocycles. The summed E-state index contributed by atoms with van der Waals surface area (Å²) in [4.78, 5) is 37.4. The maximum atomic E-state index is 12.8. The number of hydrogen-bond acceptors (Lipinski definition) is 6. The molecule has 0 aliphatic heterocycles. The summed E-state index contributed by atoms with van der Waals surface area (Å²) in [5.74, 6) is -0.629. The summed E-state index contributed by atoms with van der Waals surface area (Å²) in [5.41, 5.74) is 0. The van der Waals surface area contributed by atoms with Crippen LogP contribution in [-0.2, 0) is 28.6 Å². The van der Waals surface area contributed by atoms with Crippen LogP contribution in [0.15, 0.2) is 0 Å². The van der Waals surface area contributed by atoms with E-state index in [1.165, 1.54) is 0 Å². The number of hydrogen-bond donors (Lipinski definition) is 0. The van der Waals surface area contributed by atoms with Crippen LogP contribution in [0.3, 0.4) is 0 Å². The lowest BCUT2D eigenvalue weighted by atomic mass is 9.54. The first-order chi connectivity index (χ1) is 14.0. The lowest BCUT2D eigenvalue weighted by Crippen LogP contribution is -2.59. The van der Waals surface area contributed by atoms with Gasteiger partial charge < -0.3 is 14.2 Å². The largest absolute Gasteiger partial charge is 0.466 e. The Bertz CT molecular complexity index is 602. The fraction of sp³-hybridized carbons (Fsp3) is 0.870. The molecular weight excluding hydrogens is 372 g/mol. The molecule has 0 spiro atoms. The quantitative estimate of drug-likeness (QED) is 0.487. The first kappa shape index (κ1) is 22.1. The fourth-order valence-electron chi connectivity index (χ4n) is 6.05. The summed E-state index contributed by atoms with van der Waals surface area (Å²) >= 11 is 0. The average Bonchev–Trinajstić information content (AvgIpc) is 2.75. The molecule has 29 heavy (non-hydrogen) atoms. The Morgan fingerprint density at radius 2 is 1.28 bits per heavy atom. The number of carbonyl (C=O) groups excluding carboxylic acids is 3. The van der Waals surface area contributed by atoms with E-state index >= 15 is 0 Å². The number of carbonyl (C=O) groups is 3. The molecule has 3 aliphatic carbocycles. The molecule has 7 atom stereocenters. The SMILES string of the molecule is CCOC(=O)C1CCCC2C(OC(=O)CC)C3CCCCC3C(OC(=O)CC)C12. The highest BCUT2D eigenvalue weighted by Crippen LogP contribution is 2.54. The molecule has 0 aromatic heterocycles. The van der Waals surface area contributed by atoms with E-state index in [2.05, 4.69) is 0 Å². The second-order valence-corrected chi connectivity index (χ2v) is 8.76. The zero-order valence-electron chi connectivity index (χ0n) is 18.1. The zero-order chi connectivity index (χ0) is 21.0. The first-order valence-electron chi connectivity index (χ1n) is 11.6. The summed E-state index contributed by atoms with van der Waals surface area (Å²) < 4.78 is 17.4. The predicted octanol–water partition coefficient (Wildman–Crippen LogP) is 4.05. The molecule has 0 saturated heterocycles. The Labute approximate surface area is 174 Å². The molecular formula is C23H36O6. The Kier molecular flexibility index (Phi) is 7.58. The molecule has 0 N–H and O–H groups in total. The van der Waals surface area contributed by atoms with Crippen LogP contribution >= 0.6 is 0 Å². The highest BCUT2D eigenvalue weighted by Gasteiger charge is 2.58. The Morgan fingerprint density at radius 1 is 0.724 bits per heavy atom. The van der Waals surface area contributed by atoms with Gasteiger partial charge in [0.05, 0.1) is 12.5 Å². The van der Waals surface area contributed by atoms with Crippen molar-refractivity contribution in [2.75, 3.05) is 6.61 Å². The molecule has 0 radical (unpaired) electrons. The second kappa shape index (κ2) is 9.94. The van der Waals surface area contributed by atoms with Crippen LogP contribution in [0.4, 0.5) is 0 Å². The van der Waals surface area contributed by atoms with Gasteiger partial charge in [0.2, 0.25) is 0 Å². The molecule has 0 amide bonds. The fourth-order valence-corrected chi connectivity index (χ4v) is 6.05. The monoisotopic (exact) mass is 408 g/mol. The van der Waals surface area contributed by atoms with Gasteiger partial charge in [0, 0.05) is 36.5 Å². The van der Waals surface area contributed by atoms with Crippen molar-refractivity contribution in [1.82, 2.24) is 0 Å². The van der Waals surface area contributed by atoms with Gasteiger partial charge in [-0.15, -0.1) is 0 Å². The van der Waals surface area contributed by atoms with Gasteiger partial charge >= 0.3 is 17.9 Å². The Morgan fingerprint density at radius 3 is 1.86 bits per heavy atom. The van der Waals surface area contributed by atoms with Crippen molar-refractivity contribution >= 4 is 17.9 Å². The third-order valence-electron chi connectivity index (χ3n) is 7.23.